The van der Waals surface area contributed by atoms with Crippen LogP contribution >= 0.6 is 11.6 Å². The molecule has 0 radical (unpaired) electrons. The molecule has 0 saturated heterocycles. The highest BCUT2D eigenvalue weighted by Gasteiger charge is 2.13. The van der Waals surface area contributed by atoms with Gasteiger partial charge in [-0.25, -0.2) is 18.2 Å². The van der Waals surface area contributed by atoms with Crippen LogP contribution in [-0.2, 0) is 0 Å². The van der Waals surface area contributed by atoms with Crippen molar-refractivity contribution >= 4 is 22.5 Å². The zero-order valence-electron chi connectivity index (χ0n) is 7.35. The average Bonchev–Trinajstić information content (AvgIpc) is 2.19. The molecular weight excluding hydrogens is 227 g/mol. The summed E-state index contributed by atoms with van der Waals surface area (Å²) in [7, 11) is 0. The summed E-state index contributed by atoms with van der Waals surface area (Å²) in [6.45, 7) is 0. The Hall–Kier alpha value is -1.29. The van der Waals surface area contributed by atoms with E-state index in [0.717, 1.165) is 12.1 Å². The lowest BCUT2D eigenvalue weighted by atomic mass is 10.2. The van der Waals surface area contributed by atoms with Crippen LogP contribution in [0, 0.1) is 5.82 Å². The fourth-order valence-corrected chi connectivity index (χ4v) is 1.57. The maximum atomic E-state index is 13.2. The topological polar surface area (TPSA) is 12.9 Å². The highest BCUT2D eigenvalue weighted by Crippen LogP contribution is 2.28. The largest absolute Gasteiger partial charge is 0.280 e. The minimum Gasteiger partial charge on any atom is -0.244 e. The van der Waals surface area contributed by atoms with Crippen LogP contribution in [0.25, 0.3) is 10.9 Å². The molecular formula is C10H5ClF3N. The second-order valence-electron chi connectivity index (χ2n) is 2.97. The number of rotatable bonds is 1. The van der Waals surface area contributed by atoms with Crippen LogP contribution in [0.2, 0.25) is 5.02 Å². The number of pyridine rings is 1. The molecule has 0 saturated carbocycles. The van der Waals surface area contributed by atoms with Crippen LogP contribution in [-0.4, -0.2) is 4.98 Å². The van der Waals surface area contributed by atoms with E-state index in [-0.39, 0.29) is 10.5 Å². The molecule has 0 N–H and O–H groups in total. The third-order valence-electron chi connectivity index (χ3n) is 1.98. The minimum absolute atomic E-state index is 0.0785. The molecule has 1 aromatic heterocycles. The number of para-hydroxylation sites is 1. The third-order valence-corrected chi connectivity index (χ3v) is 2.30. The molecule has 5 heteroatoms. The summed E-state index contributed by atoms with van der Waals surface area (Å²) in [5.74, 6) is -0.656. The maximum Gasteiger partial charge on any atom is 0.280 e. The van der Waals surface area contributed by atoms with Gasteiger partial charge in [-0.1, -0.05) is 23.7 Å². The molecule has 0 bridgehead atoms. The van der Waals surface area contributed by atoms with E-state index in [1.165, 1.54) is 12.1 Å². The van der Waals surface area contributed by atoms with Crippen molar-refractivity contribution < 1.29 is 13.2 Å². The van der Waals surface area contributed by atoms with Crippen LogP contribution in [0.4, 0.5) is 13.2 Å². The molecule has 0 aliphatic rings. The Morgan fingerprint density at radius 2 is 2.00 bits per heavy atom. The van der Waals surface area contributed by atoms with Gasteiger partial charge in [0.15, 0.2) is 0 Å². The molecule has 0 fully saturated rings. The Bertz CT molecular complexity index is 513. The first-order chi connectivity index (χ1) is 7.09. The van der Waals surface area contributed by atoms with Crippen molar-refractivity contribution in [2.75, 3.05) is 0 Å². The fourth-order valence-electron chi connectivity index (χ4n) is 1.30. The van der Waals surface area contributed by atoms with Crippen LogP contribution in [0.5, 0.6) is 0 Å². The summed E-state index contributed by atoms with van der Waals surface area (Å²) in [4.78, 5) is 3.53. The molecule has 0 unspecified atom stereocenters. The Kier molecular flexibility index (Phi) is 2.52. The number of nitrogens with zero attached hydrogens (tertiary/aromatic N) is 1. The Morgan fingerprint density at radius 3 is 2.67 bits per heavy atom. The van der Waals surface area contributed by atoms with E-state index in [1.807, 2.05) is 0 Å². The molecule has 0 amide bonds. The predicted molar refractivity (Wildman–Crippen MR) is 51.7 cm³/mol. The molecule has 2 rings (SSSR count). The minimum atomic E-state index is -2.76. The van der Waals surface area contributed by atoms with Crippen LogP contribution in [0.3, 0.4) is 0 Å². The first-order valence-electron chi connectivity index (χ1n) is 4.12. The van der Waals surface area contributed by atoms with Crippen molar-refractivity contribution in [3.05, 3.63) is 40.8 Å². The van der Waals surface area contributed by atoms with Crippen molar-refractivity contribution in [2.45, 2.75) is 6.43 Å². The summed E-state index contributed by atoms with van der Waals surface area (Å²) in [6, 6.07) is 5.19. The molecule has 0 spiro atoms. The van der Waals surface area contributed by atoms with E-state index >= 15 is 0 Å². The number of alkyl halides is 2. The zero-order chi connectivity index (χ0) is 11.0. The number of halogens is 4. The quantitative estimate of drug-likeness (QED) is 0.724. The predicted octanol–water partition coefficient (Wildman–Crippen LogP) is 3.96. The smallest absolute Gasteiger partial charge is 0.244 e. The fraction of sp³-hybridized carbons (Fsp3) is 0.100. The van der Waals surface area contributed by atoms with E-state index in [2.05, 4.69) is 4.98 Å². The van der Waals surface area contributed by atoms with Crippen LogP contribution < -0.4 is 0 Å². The number of hydrogen-bond acceptors (Lipinski definition) is 1. The van der Waals surface area contributed by atoms with Crippen molar-refractivity contribution in [3.8, 4) is 0 Å². The Balaban J connectivity index is 2.80. The standard InChI is InChI=1S/C10H5ClF3N/c11-6-4-8(10(13)14)15-9-5(6)2-1-3-7(9)12/h1-4,10H. The number of benzene rings is 1. The van der Waals surface area contributed by atoms with Gasteiger partial charge in [0, 0.05) is 5.39 Å². The summed E-state index contributed by atoms with van der Waals surface area (Å²) in [5, 5.41) is 0.413. The molecule has 0 atom stereocenters. The van der Waals surface area contributed by atoms with Gasteiger partial charge < -0.3 is 0 Å². The summed E-state index contributed by atoms with van der Waals surface area (Å²) in [6.07, 6.45) is -2.76. The molecule has 1 aromatic carbocycles. The second kappa shape index (κ2) is 3.70. The zero-order valence-corrected chi connectivity index (χ0v) is 8.10. The number of fused-ring (bicyclic) bond motifs is 1. The summed E-state index contributed by atoms with van der Waals surface area (Å²) >= 11 is 5.74. The Labute approximate surface area is 88.5 Å². The van der Waals surface area contributed by atoms with E-state index in [4.69, 9.17) is 11.6 Å². The van der Waals surface area contributed by atoms with Crippen molar-refractivity contribution in [1.29, 1.82) is 0 Å². The van der Waals surface area contributed by atoms with Gasteiger partial charge in [-0.15, -0.1) is 0 Å². The number of aromatic nitrogens is 1. The Morgan fingerprint density at radius 1 is 1.27 bits per heavy atom. The van der Waals surface area contributed by atoms with Gasteiger partial charge in [0.05, 0.1) is 5.02 Å². The lowest BCUT2D eigenvalue weighted by Crippen LogP contribution is -1.93. The molecule has 0 aliphatic carbocycles. The lowest BCUT2D eigenvalue weighted by Gasteiger charge is -2.04. The van der Waals surface area contributed by atoms with Crippen LogP contribution in [0.15, 0.2) is 24.3 Å². The van der Waals surface area contributed by atoms with E-state index in [9.17, 15) is 13.2 Å². The SMILES string of the molecule is Fc1cccc2c(Cl)cc(C(F)F)nc12. The second-order valence-corrected chi connectivity index (χ2v) is 3.37. The summed E-state index contributed by atoms with van der Waals surface area (Å²) < 4.78 is 38.0. The first kappa shape index (κ1) is 10.2. The van der Waals surface area contributed by atoms with Crippen molar-refractivity contribution in [2.24, 2.45) is 0 Å². The van der Waals surface area contributed by atoms with E-state index in [1.54, 1.807) is 0 Å². The van der Waals surface area contributed by atoms with E-state index in [0.29, 0.717) is 5.39 Å². The number of hydrogen-bond donors (Lipinski definition) is 0. The third kappa shape index (κ3) is 1.77. The summed E-state index contributed by atoms with van der Waals surface area (Å²) in [5.41, 5.74) is -0.641. The maximum absolute atomic E-state index is 13.2. The molecule has 78 valence electrons. The average molecular weight is 232 g/mol. The van der Waals surface area contributed by atoms with Crippen molar-refractivity contribution in [1.82, 2.24) is 4.98 Å². The van der Waals surface area contributed by atoms with Gasteiger partial charge in [0.1, 0.15) is 17.0 Å². The molecule has 15 heavy (non-hydrogen) atoms. The molecule has 0 aliphatic heterocycles. The van der Waals surface area contributed by atoms with Gasteiger partial charge >= 0.3 is 0 Å². The van der Waals surface area contributed by atoms with Gasteiger partial charge in [-0.2, -0.15) is 0 Å². The molecule has 2 aromatic rings. The lowest BCUT2D eigenvalue weighted by molar-refractivity contribution is 0.146. The van der Waals surface area contributed by atoms with Crippen molar-refractivity contribution in [3.63, 3.8) is 0 Å². The first-order valence-corrected chi connectivity index (χ1v) is 4.50. The van der Waals surface area contributed by atoms with Gasteiger partial charge in [0.25, 0.3) is 6.43 Å². The monoisotopic (exact) mass is 231 g/mol. The molecule has 1 nitrogen and oxygen atoms in total. The molecule has 1 heterocycles. The normalized spacial score (nSPS) is 11.3. The van der Waals surface area contributed by atoms with Crippen LogP contribution in [0.1, 0.15) is 12.1 Å². The highest BCUT2D eigenvalue weighted by molar-refractivity contribution is 6.35. The van der Waals surface area contributed by atoms with Gasteiger partial charge in [-0.05, 0) is 12.1 Å². The van der Waals surface area contributed by atoms with Gasteiger partial charge in [0.2, 0.25) is 0 Å². The van der Waals surface area contributed by atoms with E-state index < -0.39 is 17.9 Å². The highest BCUT2D eigenvalue weighted by atomic mass is 35.5. The van der Waals surface area contributed by atoms with Gasteiger partial charge in [-0.3, -0.25) is 0 Å².